The van der Waals surface area contributed by atoms with E-state index in [1.807, 2.05) is 7.05 Å². The Morgan fingerprint density at radius 1 is 1.47 bits per heavy atom. The van der Waals surface area contributed by atoms with Gasteiger partial charge in [0.1, 0.15) is 0 Å². The predicted octanol–water partition coefficient (Wildman–Crippen LogP) is 1.61. The Morgan fingerprint density at radius 3 is 2.60 bits per heavy atom. The van der Waals surface area contributed by atoms with Gasteiger partial charge in [0.05, 0.1) is 0 Å². The Hall–Kier alpha value is -0.380. The second-order valence-electron chi connectivity index (χ2n) is 4.52. The Balaban J connectivity index is 2.63. The van der Waals surface area contributed by atoms with Gasteiger partial charge in [-0.25, -0.2) is 0 Å². The molecule has 0 aliphatic carbocycles. The van der Waals surface area contributed by atoms with Crippen LogP contribution in [-0.2, 0) is 0 Å². The molecule has 1 atom stereocenters. The fourth-order valence-corrected chi connectivity index (χ4v) is 3.18. The zero-order valence-corrected chi connectivity index (χ0v) is 11.3. The summed E-state index contributed by atoms with van der Waals surface area (Å²) in [7, 11) is 6.00. The number of hydrogen-bond acceptors (Lipinski definition) is 2. The molecule has 1 heterocycles. The second-order valence-corrected chi connectivity index (χ2v) is 5.86. The molecular formula is C11H23N3S. The molecule has 4 heteroatoms. The van der Waals surface area contributed by atoms with Gasteiger partial charge in [-0.3, -0.25) is 4.99 Å². The van der Waals surface area contributed by atoms with Gasteiger partial charge in [-0.2, -0.15) is 11.8 Å². The minimum absolute atomic E-state index is 0.746. The Labute approximate surface area is 97.9 Å². The highest BCUT2D eigenvalue weighted by Gasteiger charge is 2.25. The average Bonchev–Trinajstić information content (AvgIpc) is 2.18. The number of hydrogen-bond donors (Lipinski definition) is 0. The predicted molar refractivity (Wildman–Crippen MR) is 69.7 cm³/mol. The molecule has 0 N–H and O–H groups in total. The molecule has 15 heavy (non-hydrogen) atoms. The van der Waals surface area contributed by atoms with Crippen molar-refractivity contribution >= 4 is 17.7 Å². The van der Waals surface area contributed by atoms with Crippen molar-refractivity contribution in [2.75, 3.05) is 40.0 Å². The van der Waals surface area contributed by atoms with E-state index >= 15 is 0 Å². The summed E-state index contributed by atoms with van der Waals surface area (Å²) in [5.74, 6) is 3.08. The number of guanidine groups is 1. The standard InChI is InChI=1S/C11H23N3S/c1-9(2)10-8-14(6-7-15-10)11(12-3)13(4)5/h9-10H,6-8H2,1-5H3. The first-order valence-electron chi connectivity index (χ1n) is 5.57. The van der Waals surface area contributed by atoms with Crippen LogP contribution in [-0.4, -0.2) is 61.0 Å². The lowest BCUT2D eigenvalue weighted by Crippen LogP contribution is -2.48. The van der Waals surface area contributed by atoms with Crippen molar-refractivity contribution in [3.8, 4) is 0 Å². The maximum absolute atomic E-state index is 4.36. The molecule has 0 radical (unpaired) electrons. The molecular weight excluding hydrogens is 206 g/mol. The minimum Gasteiger partial charge on any atom is -0.349 e. The van der Waals surface area contributed by atoms with Crippen molar-refractivity contribution in [1.82, 2.24) is 9.80 Å². The van der Waals surface area contributed by atoms with E-state index < -0.39 is 0 Å². The molecule has 1 aliphatic rings. The molecule has 88 valence electrons. The van der Waals surface area contributed by atoms with E-state index in [1.165, 1.54) is 5.75 Å². The van der Waals surface area contributed by atoms with Crippen LogP contribution in [0, 0.1) is 5.92 Å². The van der Waals surface area contributed by atoms with Crippen molar-refractivity contribution in [2.24, 2.45) is 10.9 Å². The highest BCUT2D eigenvalue weighted by atomic mass is 32.2. The van der Waals surface area contributed by atoms with Gasteiger partial charge in [0.25, 0.3) is 0 Å². The summed E-state index contributed by atoms with van der Waals surface area (Å²) in [6.07, 6.45) is 0. The van der Waals surface area contributed by atoms with Gasteiger partial charge in [-0.15, -0.1) is 0 Å². The molecule has 0 bridgehead atoms. The first-order chi connectivity index (χ1) is 7.06. The Kier molecular flexibility index (Phi) is 4.77. The van der Waals surface area contributed by atoms with Crippen molar-refractivity contribution in [3.05, 3.63) is 0 Å². The summed E-state index contributed by atoms with van der Waals surface area (Å²) in [5, 5.41) is 0.746. The number of aliphatic imine (C=N–C) groups is 1. The van der Waals surface area contributed by atoms with E-state index in [2.05, 4.69) is 54.5 Å². The zero-order valence-electron chi connectivity index (χ0n) is 10.5. The van der Waals surface area contributed by atoms with Crippen LogP contribution in [0.1, 0.15) is 13.8 Å². The van der Waals surface area contributed by atoms with E-state index in [0.717, 1.165) is 30.2 Å². The van der Waals surface area contributed by atoms with Crippen LogP contribution in [0.3, 0.4) is 0 Å². The van der Waals surface area contributed by atoms with Gasteiger partial charge in [-0.05, 0) is 5.92 Å². The van der Waals surface area contributed by atoms with E-state index in [-0.39, 0.29) is 0 Å². The van der Waals surface area contributed by atoms with Gasteiger partial charge >= 0.3 is 0 Å². The molecule has 1 aliphatic heterocycles. The summed E-state index contributed by atoms with van der Waals surface area (Å²) in [6, 6.07) is 0. The topological polar surface area (TPSA) is 18.8 Å². The first kappa shape index (κ1) is 12.7. The summed E-state index contributed by atoms with van der Waals surface area (Å²) in [6.45, 7) is 6.87. The maximum atomic E-state index is 4.36. The Bertz CT molecular complexity index is 226. The third-order valence-electron chi connectivity index (χ3n) is 2.72. The van der Waals surface area contributed by atoms with Crippen LogP contribution >= 0.6 is 11.8 Å². The fourth-order valence-electron chi connectivity index (χ4n) is 1.88. The molecule has 1 rings (SSSR count). The smallest absolute Gasteiger partial charge is 0.195 e. The molecule has 1 unspecified atom stereocenters. The summed E-state index contributed by atoms with van der Waals surface area (Å²) in [5.41, 5.74) is 0. The van der Waals surface area contributed by atoms with Crippen LogP contribution in [0.4, 0.5) is 0 Å². The molecule has 0 spiro atoms. The quantitative estimate of drug-likeness (QED) is 0.503. The van der Waals surface area contributed by atoms with E-state index in [1.54, 1.807) is 0 Å². The molecule has 0 aromatic carbocycles. The molecule has 1 saturated heterocycles. The molecule has 0 aromatic heterocycles. The van der Waals surface area contributed by atoms with Crippen LogP contribution in [0.5, 0.6) is 0 Å². The van der Waals surface area contributed by atoms with Crippen LogP contribution in [0.2, 0.25) is 0 Å². The van der Waals surface area contributed by atoms with Gasteiger partial charge in [0.15, 0.2) is 5.96 Å². The molecule has 0 aromatic rings. The van der Waals surface area contributed by atoms with Gasteiger partial charge in [0, 0.05) is 45.2 Å². The zero-order chi connectivity index (χ0) is 11.4. The van der Waals surface area contributed by atoms with Crippen molar-refractivity contribution in [1.29, 1.82) is 0 Å². The van der Waals surface area contributed by atoms with E-state index in [4.69, 9.17) is 0 Å². The first-order valence-corrected chi connectivity index (χ1v) is 6.61. The van der Waals surface area contributed by atoms with Crippen molar-refractivity contribution in [2.45, 2.75) is 19.1 Å². The number of rotatable bonds is 1. The van der Waals surface area contributed by atoms with Crippen LogP contribution in [0.25, 0.3) is 0 Å². The van der Waals surface area contributed by atoms with Crippen molar-refractivity contribution in [3.63, 3.8) is 0 Å². The molecule has 0 saturated carbocycles. The lowest BCUT2D eigenvalue weighted by Gasteiger charge is -2.38. The lowest BCUT2D eigenvalue weighted by atomic mass is 10.1. The van der Waals surface area contributed by atoms with Gasteiger partial charge in [-0.1, -0.05) is 13.8 Å². The van der Waals surface area contributed by atoms with Gasteiger partial charge < -0.3 is 9.80 Å². The second kappa shape index (κ2) is 5.64. The normalized spacial score (nSPS) is 23.5. The minimum atomic E-state index is 0.746. The van der Waals surface area contributed by atoms with Crippen LogP contribution < -0.4 is 0 Å². The van der Waals surface area contributed by atoms with Gasteiger partial charge in [0.2, 0.25) is 0 Å². The number of thioether (sulfide) groups is 1. The summed E-state index contributed by atoms with van der Waals surface area (Å²) < 4.78 is 0. The van der Waals surface area contributed by atoms with E-state index in [0.29, 0.717) is 0 Å². The summed E-state index contributed by atoms with van der Waals surface area (Å²) in [4.78, 5) is 8.87. The average molecular weight is 229 g/mol. The third kappa shape index (κ3) is 3.30. The fraction of sp³-hybridized carbons (Fsp3) is 0.909. The van der Waals surface area contributed by atoms with Crippen molar-refractivity contribution < 1.29 is 0 Å². The highest BCUT2D eigenvalue weighted by Crippen LogP contribution is 2.25. The molecule has 3 nitrogen and oxygen atoms in total. The summed E-state index contributed by atoms with van der Waals surface area (Å²) >= 11 is 2.10. The molecule has 1 fully saturated rings. The highest BCUT2D eigenvalue weighted by molar-refractivity contribution is 8.00. The lowest BCUT2D eigenvalue weighted by molar-refractivity contribution is 0.351. The monoisotopic (exact) mass is 229 g/mol. The SMILES string of the molecule is CN=C(N(C)C)N1CCSC(C(C)C)C1. The third-order valence-corrected chi connectivity index (χ3v) is 4.26. The maximum Gasteiger partial charge on any atom is 0.195 e. The van der Waals surface area contributed by atoms with Crippen LogP contribution in [0.15, 0.2) is 4.99 Å². The number of nitrogens with zero attached hydrogens (tertiary/aromatic N) is 3. The largest absolute Gasteiger partial charge is 0.349 e. The Morgan fingerprint density at radius 2 is 2.13 bits per heavy atom. The molecule has 0 amide bonds. The van der Waals surface area contributed by atoms with E-state index in [9.17, 15) is 0 Å².